The van der Waals surface area contributed by atoms with Crippen LogP contribution in [0.4, 0.5) is 0 Å². The first-order valence-electron chi connectivity index (χ1n) is 5.79. The zero-order valence-electron chi connectivity index (χ0n) is 10.4. The van der Waals surface area contributed by atoms with E-state index in [0.29, 0.717) is 12.3 Å². The molecule has 0 heterocycles. The molecule has 0 N–H and O–H groups in total. The molecule has 0 amide bonds. The second-order valence-corrected chi connectivity index (χ2v) is 4.72. The first-order chi connectivity index (χ1) is 7.56. The van der Waals surface area contributed by atoms with Gasteiger partial charge in [-0.25, -0.2) is 0 Å². The first-order valence-corrected chi connectivity index (χ1v) is 5.79. The number of methoxy groups -OCH3 is 1. The summed E-state index contributed by atoms with van der Waals surface area (Å²) in [7, 11) is 1.66. The minimum atomic E-state index is 0.272. The number of ether oxygens (including phenoxy) is 1. The lowest BCUT2D eigenvalue weighted by molar-refractivity contribution is 0.0994. The van der Waals surface area contributed by atoms with Gasteiger partial charge < -0.3 is 4.74 Å². The van der Waals surface area contributed by atoms with Crippen LogP contribution in [0.2, 0.25) is 0 Å². The molecular formula is C14H18O2. The van der Waals surface area contributed by atoms with E-state index in [4.69, 9.17) is 4.74 Å². The fraction of sp³-hybridized carbons (Fsp3) is 0.500. The predicted octanol–water partition coefficient (Wildman–Crippen LogP) is 3.26. The molecule has 0 bridgehead atoms. The Bertz CT molecular complexity index is 445. The third-order valence-corrected chi connectivity index (χ3v) is 3.40. The number of ketones is 1. The van der Waals surface area contributed by atoms with E-state index in [-0.39, 0.29) is 5.78 Å². The average molecular weight is 218 g/mol. The fourth-order valence-electron chi connectivity index (χ4n) is 2.57. The van der Waals surface area contributed by atoms with Crippen LogP contribution in [0.1, 0.15) is 53.2 Å². The minimum Gasteiger partial charge on any atom is -0.496 e. The van der Waals surface area contributed by atoms with Crippen LogP contribution in [0.3, 0.4) is 0 Å². The van der Waals surface area contributed by atoms with Crippen molar-refractivity contribution in [3.8, 4) is 5.75 Å². The Morgan fingerprint density at radius 1 is 1.31 bits per heavy atom. The molecule has 0 aliphatic heterocycles. The van der Waals surface area contributed by atoms with Gasteiger partial charge in [0.15, 0.2) is 5.78 Å². The zero-order valence-corrected chi connectivity index (χ0v) is 10.4. The predicted molar refractivity (Wildman–Crippen MR) is 64.5 cm³/mol. The Balaban J connectivity index is 2.71. The lowest BCUT2D eigenvalue weighted by Gasteiger charge is -2.16. The van der Waals surface area contributed by atoms with Gasteiger partial charge in [0.2, 0.25) is 0 Å². The number of benzene rings is 1. The molecule has 1 aromatic rings. The lowest BCUT2D eigenvalue weighted by Crippen LogP contribution is -2.03. The summed E-state index contributed by atoms with van der Waals surface area (Å²) in [6.07, 6.45) is 1.55. The molecule has 1 aliphatic carbocycles. The van der Waals surface area contributed by atoms with Crippen LogP contribution in [0.25, 0.3) is 0 Å². The summed E-state index contributed by atoms with van der Waals surface area (Å²) in [4.78, 5) is 11.9. The summed E-state index contributed by atoms with van der Waals surface area (Å²) < 4.78 is 5.36. The highest BCUT2D eigenvalue weighted by Crippen LogP contribution is 2.37. The number of hydrogen-bond donors (Lipinski definition) is 0. The number of rotatable bonds is 2. The van der Waals surface area contributed by atoms with Gasteiger partial charge in [-0.15, -0.1) is 0 Å². The van der Waals surface area contributed by atoms with Crippen molar-refractivity contribution in [2.75, 3.05) is 7.11 Å². The van der Waals surface area contributed by atoms with Crippen molar-refractivity contribution in [2.45, 2.75) is 39.5 Å². The van der Waals surface area contributed by atoms with Crippen molar-refractivity contribution in [3.05, 3.63) is 28.3 Å². The van der Waals surface area contributed by atoms with Gasteiger partial charge in [0.1, 0.15) is 5.75 Å². The second kappa shape index (κ2) is 3.93. The Hall–Kier alpha value is -1.31. The highest BCUT2D eigenvalue weighted by molar-refractivity contribution is 6.02. The molecule has 2 rings (SSSR count). The molecule has 0 spiro atoms. The molecule has 0 atom stereocenters. The normalized spacial score (nSPS) is 14.4. The molecular weight excluding hydrogens is 200 g/mol. The Labute approximate surface area is 96.6 Å². The quantitative estimate of drug-likeness (QED) is 0.761. The maximum absolute atomic E-state index is 11.9. The number of fused-ring (bicyclic) bond motifs is 1. The maximum atomic E-state index is 11.9. The molecule has 0 saturated heterocycles. The third-order valence-electron chi connectivity index (χ3n) is 3.40. The molecule has 0 fully saturated rings. The van der Waals surface area contributed by atoms with E-state index in [2.05, 4.69) is 19.9 Å². The molecule has 0 radical (unpaired) electrons. The van der Waals surface area contributed by atoms with Gasteiger partial charge in [0.05, 0.1) is 7.11 Å². The SMILES string of the molecule is COc1cc(C(C)C)c2c(c1C)C(=O)CC2. The molecule has 2 nitrogen and oxygen atoms in total. The lowest BCUT2D eigenvalue weighted by atomic mass is 9.91. The van der Waals surface area contributed by atoms with Crippen molar-refractivity contribution in [2.24, 2.45) is 0 Å². The van der Waals surface area contributed by atoms with E-state index in [1.807, 2.05) is 6.92 Å². The van der Waals surface area contributed by atoms with E-state index in [9.17, 15) is 4.79 Å². The van der Waals surface area contributed by atoms with E-state index in [1.165, 1.54) is 11.1 Å². The van der Waals surface area contributed by atoms with Crippen molar-refractivity contribution in [1.29, 1.82) is 0 Å². The number of carbonyl (C=O) groups excluding carboxylic acids is 1. The van der Waals surface area contributed by atoms with Crippen molar-refractivity contribution in [1.82, 2.24) is 0 Å². The number of Topliss-reactive ketones (excluding diaryl/α,β-unsaturated/α-hetero) is 1. The molecule has 1 aliphatic rings. The van der Waals surface area contributed by atoms with E-state index < -0.39 is 0 Å². The third kappa shape index (κ3) is 1.53. The largest absolute Gasteiger partial charge is 0.496 e. The number of hydrogen-bond acceptors (Lipinski definition) is 2. The van der Waals surface area contributed by atoms with Gasteiger partial charge in [0.25, 0.3) is 0 Å². The smallest absolute Gasteiger partial charge is 0.163 e. The molecule has 0 saturated carbocycles. The van der Waals surface area contributed by atoms with E-state index >= 15 is 0 Å². The number of carbonyl (C=O) groups is 1. The van der Waals surface area contributed by atoms with Gasteiger partial charge in [-0.1, -0.05) is 13.8 Å². The second-order valence-electron chi connectivity index (χ2n) is 4.72. The Morgan fingerprint density at radius 3 is 2.56 bits per heavy atom. The van der Waals surface area contributed by atoms with Gasteiger partial charge in [-0.3, -0.25) is 4.79 Å². The summed E-state index contributed by atoms with van der Waals surface area (Å²) in [6, 6.07) is 2.09. The van der Waals surface area contributed by atoms with Crippen LogP contribution >= 0.6 is 0 Å². The average Bonchev–Trinajstić information content (AvgIpc) is 2.61. The highest BCUT2D eigenvalue weighted by Gasteiger charge is 2.27. The highest BCUT2D eigenvalue weighted by atomic mass is 16.5. The molecule has 16 heavy (non-hydrogen) atoms. The monoisotopic (exact) mass is 218 g/mol. The topological polar surface area (TPSA) is 26.3 Å². The maximum Gasteiger partial charge on any atom is 0.163 e. The van der Waals surface area contributed by atoms with Crippen LogP contribution in [0.15, 0.2) is 6.07 Å². The van der Waals surface area contributed by atoms with Crippen LogP contribution in [0.5, 0.6) is 5.75 Å². The van der Waals surface area contributed by atoms with Crippen LogP contribution < -0.4 is 4.74 Å². The van der Waals surface area contributed by atoms with Crippen LogP contribution in [0, 0.1) is 6.92 Å². The Kier molecular flexibility index (Phi) is 2.75. The summed E-state index contributed by atoms with van der Waals surface area (Å²) in [6.45, 7) is 6.30. The first kappa shape index (κ1) is 11.2. The van der Waals surface area contributed by atoms with Crippen molar-refractivity contribution >= 4 is 5.78 Å². The van der Waals surface area contributed by atoms with E-state index in [0.717, 1.165) is 23.3 Å². The van der Waals surface area contributed by atoms with Gasteiger partial charge in [-0.05, 0) is 36.5 Å². The molecule has 0 aromatic heterocycles. The van der Waals surface area contributed by atoms with Crippen molar-refractivity contribution in [3.63, 3.8) is 0 Å². The van der Waals surface area contributed by atoms with E-state index in [1.54, 1.807) is 7.11 Å². The Morgan fingerprint density at radius 2 is 2.00 bits per heavy atom. The summed E-state index contributed by atoms with van der Waals surface area (Å²) >= 11 is 0. The van der Waals surface area contributed by atoms with Gasteiger partial charge in [0, 0.05) is 17.5 Å². The molecule has 2 heteroatoms. The zero-order chi connectivity index (χ0) is 11.9. The van der Waals surface area contributed by atoms with Gasteiger partial charge in [-0.2, -0.15) is 0 Å². The van der Waals surface area contributed by atoms with Crippen LogP contribution in [-0.4, -0.2) is 12.9 Å². The van der Waals surface area contributed by atoms with Crippen molar-refractivity contribution < 1.29 is 9.53 Å². The fourth-order valence-corrected chi connectivity index (χ4v) is 2.57. The molecule has 0 unspecified atom stereocenters. The summed E-state index contributed by atoms with van der Waals surface area (Å²) in [5.41, 5.74) is 4.44. The summed E-state index contributed by atoms with van der Waals surface area (Å²) in [5.74, 6) is 1.56. The van der Waals surface area contributed by atoms with Gasteiger partial charge >= 0.3 is 0 Å². The minimum absolute atomic E-state index is 0.272. The van der Waals surface area contributed by atoms with Crippen LogP contribution in [-0.2, 0) is 6.42 Å². The molecule has 1 aromatic carbocycles. The summed E-state index contributed by atoms with van der Waals surface area (Å²) in [5, 5.41) is 0. The standard InChI is InChI=1S/C14H18O2/c1-8(2)11-7-13(16-4)9(3)14-10(11)5-6-12(14)15/h7-8H,5-6H2,1-4H3. The molecule has 86 valence electrons.